The lowest BCUT2D eigenvalue weighted by Gasteiger charge is -2.27. The van der Waals surface area contributed by atoms with Crippen molar-refractivity contribution in [2.45, 2.75) is 0 Å². The van der Waals surface area contributed by atoms with Gasteiger partial charge in [-0.25, -0.2) is 0 Å². The number of fused-ring (bicyclic) bond motifs is 4. The van der Waals surface area contributed by atoms with Crippen molar-refractivity contribution in [1.29, 1.82) is 0 Å². The molecule has 310 valence electrons. The van der Waals surface area contributed by atoms with E-state index in [1.165, 1.54) is 77.1 Å². The zero-order chi connectivity index (χ0) is 43.8. The summed E-state index contributed by atoms with van der Waals surface area (Å²) in [5.74, 6) is 0. The van der Waals surface area contributed by atoms with Gasteiger partial charge in [-0.2, -0.15) is 0 Å². The van der Waals surface area contributed by atoms with E-state index in [-0.39, 0.29) is 0 Å². The van der Waals surface area contributed by atoms with Gasteiger partial charge in [0.1, 0.15) is 0 Å². The molecule has 0 bridgehead atoms. The van der Waals surface area contributed by atoms with Gasteiger partial charge in [-0.15, -0.1) is 0 Å². The minimum atomic E-state index is 1.08. The number of hydrogen-bond acceptors (Lipinski definition) is 1. The molecule has 2 nitrogen and oxygen atoms in total. The second kappa shape index (κ2) is 16.8. The maximum atomic E-state index is 2.41. The van der Waals surface area contributed by atoms with E-state index in [0.29, 0.717) is 0 Å². The normalized spacial score (nSPS) is 11.3. The van der Waals surface area contributed by atoms with Gasteiger partial charge < -0.3 is 9.47 Å². The Morgan fingerprint density at radius 2 is 0.758 bits per heavy atom. The van der Waals surface area contributed by atoms with Gasteiger partial charge in [-0.3, -0.25) is 0 Å². The van der Waals surface area contributed by atoms with Gasteiger partial charge in [0.25, 0.3) is 0 Å². The molecule has 0 atom stereocenters. The zero-order valence-corrected chi connectivity index (χ0v) is 36.3. The molecule has 12 rings (SSSR count). The summed E-state index contributed by atoms with van der Waals surface area (Å²) in [6, 6.07) is 97.0. The first-order valence-corrected chi connectivity index (χ1v) is 22.7. The molecule has 1 heterocycles. The molecule has 0 amide bonds. The number of hydrogen-bond donors (Lipinski definition) is 0. The highest BCUT2D eigenvalue weighted by atomic mass is 15.1. The second-order valence-electron chi connectivity index (χ2n) is 16.9. The molecular weight excluding hydrogens is 797 g/mol. The molecule has 0 N–H and O–H groups in total. The monoisotopic (exact) mass is 840 g/mol. The van der Waals surface area contributed by atoms with Crippen LogP contribution in [0.3, 0.4) is 0 Å². The van der Waals surface area contributed by atoms with Crippen LogP contribution in [0, 0.1) is 0 Å². The van der Waals surface area contributed by atoms with Crippen LogP contribution in [0.1, 0.15) is 0 Å². The zero-order valence-electron chi connectivity index (χ0n) is 36.3. The number of anilines is 3. The SMILES string of the molecule is c1ccc(-c2ccccc2-c2c(-c3ccccc3)cccc2-c2cccc(N(c3cccc(-c4ccc5c(c4)c4ccccc4n5-c4ccccc4)c3)c3ccc4ccccc4c3)c2)cc1. The molecule has 11 aromatic carbocycles. The largest absolute Gasteiger partial charge is 0.310 e. The van der Waals surface area contributed by atoms with Crippen molar-refractivity contribution >= 4 is 49.6 Å². The van der Waals surface area contributed by atoms with Gasteiger partial charge >= 0.3 is 0 Å². The van der Waals surface area contributed by atoms with E-state index in [1.807, 2.05) is 0 Å². The first-order chi connectivity index (χ1) is 32.7. The molecule has 0 saturated heterocycles. The van der Waals surface area contributed by atoms with Gasteiger partial charge in [-0.05, 0) is 133 Å². The van der Waals surface area contributed by atoms with Gasteiger partial charge in [0.05, 0.1) is 11.0 Å². The molecule has 1 aromatic heterocycles. The summed E-state index contributed by atoms with van der Waals surface area (Å²) in [5, 5.41) is 4.89. The van der Waals surface area contributed by atoms with Gasteiger partial charge in [0.15, 0.2) is 0 Å². The molecule has 0 aliphatic carbocycles. The Morgan fingerprint density at radius 3 is 1.52 bits per heavy atom. The number of nitrogens with zero attached hydrogens (tertiary/aromatic N) is 2. The molecule has 12 aromatic rings. The van der Waals surface area contributed by atoms with E-state index in [2.05, 4.69) is 276 Å². The van der Waals surface area contributed by atoms with E-state index >= 15 is 0 Å². The highest BCUT2D eigenvalue weighted by molar-refractivity contribution is 6.10. The lowest BCUT2D eigenvalue weighted by Crippen LogP contribution is -2.10. The Hall–Kier alpha value is -8.72. The molecule has 0 spiro atoms. The van der Waals surface area contributed by atoms with Crippen molar-refractivity contribution in [3.63, 3.8) is 0 Å². The van der Waals surface area contributed by atoms with Crippen LogP contribution in [0.15, 0.2) is 267 Å². The number of rotatable bonds is 9. The Morgan fingerprint density at radius 1 is 0.258 bits per heavy atom. The van der Waals surface area contributed by atoms with E-state index < -0.39 is 0 Å². The Balaban J connectivity index is 1.03. The van der Waals surface area contributed by atoms with Crippen molar-refractivity contribution in [2.24, 2.45) is 0 Å². The van der Waals surface area contributed by atoms with Gasteiger partial charge in [0, 0.05) is 33.5 Å². The van der Waals surface area contributed by atoms with Crippen molar-refractivity contribution in [3.05, 3.63) is 267 Å². The van der Waals surface area contributed by atoms with E-state index in [1.54, 1.807) is 0 Å². The van der Waals surface area contributed by atoms with Crippen molar-refractivity contribution in [1.82, 2.24) is 4.57 Å². The Kier molecular flexibility index (Phi) is 9.89. The summed E-state index contributed by atoms with van der Waals surface area (Å²) in [4.78, 5) is 2.41. The average Bonchev–Trinajstić information content (AvgIpc) is 3.73. The van der Waals surface area contributed by atoms with E-state index in [9.17, 15) is 0 Å². The molecule has 66 heavy (non-hydrogen) atoms. The van der Waals surface area contributed by atoms with Crippen LogP contribution in [0.25, 0.3) is 93.9 Å². The fraction of sp³-hybridized carbons (Fsp3) is 0. The topological polar surface area (TPSA) is 8.17 Å². The maximum Gasteiger partial charge on any atom is 0.0541 e. The van der Waals surface area contributed by atoms with E-state index in [0.717, 1.165) is 33.9 Å². The highest BCUT2D eigenvalue weighted by Gasteiger charge is 2.21. The van der Waals surface area contributed by atoms with Crippen LogP contribution in [0.4, 0.5) is 17.1 Å². The smallest absolute Gasteiger partial charge is 0.0541 e. The second-order valence-corrected chi connectivity index (χ2v) is 16.9. The maximum absolute atomic E-state index is 2.41. The van der Waals surface area contributed by atoms with Crippen LogP contribution in [-0.4, -0.2) is 4.57 Å². The number of para-hydroxylation sites is 2. The van der Waals surface area contributed by atoms with Gasteiger partial charge in [-0.1, -0.05) is 200 Å². The third-order valence-corrected chi connectivity index (χ3v) is 13.0. The third kappa shape index (κ3) is 7.02. The molecule has 0 aliphatic rings. The molecule has 0 saturated carbocycles. The molecule has 0 unspecified atom stereocenters. The van der Waals surface area contributed by atoms with Crippen LogP contribution < -0.4 is 4.90 Å². The van der Waals surface area contributed by atoms with Crippen LogP contribution in [0.2, 0.25) is 0 Å². The Bertz CT molecular complexity index is 3700. The molecular formula is C64H44N2. The van der Waals surface area contributed by atoms with Gasteiger partial charge in [0.2, 0.25) is 0 Å². The lowest BCUT2D eigenvalue weighted by molar-refractivity contribution is 1.18. The fourth-order valence-corrected chi connectivity index (χ4v) is 9.92. The summed E-state index contributed by atoms with van der Waals surface area (Å²) in [7, 11) is 0. The minimum Gasteiger partial charge on any atom is -0.310 e. The van der Waals surface area contributed by atoms with Crippen molar-refractivity contribution < 1.29 is 0 Å². The van der Waals surface area contributed by atoms with Crippen LogP contribution in [0.5, 0.6) is 0 Å². The fourth-order valence-electron chi connectivity index (χ4n) is 9.92. The van der Waals surface area contributed by atoms with Crippen LogP contribution in [-0.2, 0) is 0 Å². The van der Waals surface area contributed by atoms with Crippen LogP contribution >= 0.6 is 0 Å². The quantitative estimate of drug-likeness (QED) is 0.141. The predicted molar refractivity (Wildman–Crippen MR) is 280 cm³/mol. The summed E-state index contributed by atoms with van der Waals surface area (Å²) in [5.41, 5.74) is 18.7. The van der Waals surface area contributed by atoms with Crippen molar-refractivity contribution in [3.8, 4) is 61.3 Å². The summed E-state index contributed by atoms with van der Waals surface area (Å²) in [6.07, 6.45) is 0. The third-order valence-electron chi connectivity index (χ3n) is 13.0. The lowest BCUT2D eigenvalue weighted by atomic mass is 9.84. The molecule has 0 fully saturated rings. The summed E-state index contributed by atoms with van der Waals surface area (Å²) < 4.78 is 2.38. The summed E-state index contributed by atoms with van der Waals surface area (Å²) >= 11 is 0. The number of benzene rings is 11. The average molecular weight is 841 g/mol. The summed E-state index contributed by atoms with van der Waals surface area (Å²) in [6.45, 7) is 0. The first kappa shape index (κ1) is 38.9. The van der Waals surface area contributed by atoms with Crippen molar-refractivity contribution in [2.75, 3.05) is 4.90 Å². The predicted octanol–water partition coefficient (Wildman–Crippen LogP) is 17.7. The Labute approximate surface area is 385 Å². The molecule has 0 radical (unpaired) electrons. The minimum absolute atomic E-state index is 1.08. The standard InChI is InChI=1S/C64H44N2/c1-4-20-46(21-5-1)56-31-12-13-33-60(56)64-57(47-22-6-2-7-23-47)34-18-35-58(64)51-26-17-30-54(43-51)65(55-39-37-45-19-10-11-24-48(45)41-55)53-29-16-25-49(42-53)50-38-40-63-61(44-50)59-32-14-15-36-62(59)66(63)52-27-8-3-9-28-52/h1-44H. The van der Waals surface area contributed by atoms with E-state index in [4.69, 9.17) is 0 Å². The number of aromatic nitrogens is 1. The highest BCUT2D eigenvalue weighted by Crippen LogP contribution is 2.46. The first-order valence-electron chi connectivity index (χ1n) is 22.7. The molecule has 2 heteroatoms. The molecule has 0 aliphatic heterocycles.